The Hall–Kier alpha value is 1.10. The van der Waals surface area contributed by atoms with E-state index in [1.807, 2.05) is 0 Å². The monoisotopic (exact) mass is 202 g/mol. The van der Waals surface area contributed by atoms with Gasteiger partial charge in [-0.1, -0.05) is 0 Å². The molecule has 0 N–H and O–H groups in total. The molecule has 0 aromatic carbocycles. The first-order valence-corrected chi connectivity index (χ1v) is 2.84. The number of rotatable bonds is 3. The van der Waals surface area contributed by atoms with E-state index in [0.717, 1.165) is 0 Å². The zero-order valence-corrected chi connectivity index (χ0v) is 9.91. The predicted octanol–water partition coefficient (Wildman–Crippen LogP) is 3.05. The van der Waals surface area contributed by atoms with Gasteiger partial charge >= 0.3 is 32.7 Å². The van der Waals surface area contributed by atoms with Crippen LogP contribution in [0.25, 0.3) is 0 Å². The van der Waals surface area contributed by atoms with Crippen LogP contribution in [0.5, 0.6) is 0 Å². The average Bonchev–Trinajstić information content (AvgIpc) is 1.61. The topological polar surface area (TPSA) is 0 Å². The Morgan fingerprint density at radius 2 is 1.78 bits per heavy atom. The first kappa shape index (κ1) is 16.6. The molecule has 0 aliphatic rings. The van der Waals surface area contributed by atoms with Gasteiger partial charge in [0.25, 0.3) is 0 Å². The predicted molar refractivity (Wildman–Crippen MR) is 40.2 cm³/mol. The third kappa shape index (κ3) is 17.6. The van der Waals surface area contributed by atoms with E-state index in [4.69, 9.17) is 0 Å². The molecule has 52 valence electrons. The van der Waals surface area contributed by atoms with E-state index in [1.165, 1.54) is 18.8 Å². The molecule has 0 radical (unpaired) electrons. The molecule has 0 atom stereocenters. The summed E-state index contributed by atoms with van der Waals surface area (Å²) in [6, 6.07) is 0. The third-order valence-corrected chi connectivity index (χ3v) is 0.933. The number of hydrogen-bond donors (Lipinski definition) is 0. The van der Waals surface area contributed by atoms with Crippen LogP contribution in [-0.2, 0) is 32.7 Å². The zero-order valence-electron chi connectivity index (χ0n) is 7.07. The molecule has 0 fully saturated rings. The Bertz CT molecular complexity index is 33.5. The third-order valence-electron chi connectivity index (χ3n) is 0.933. The molecule has 0 saturated heterocycles. The molecule has 1 heteroatoms. The van der Waals surface area contributed by atoms with Gasteiger partial charge in [-0.25, -0.2) is 12.8 Å². The van der Waals surface area contributed by atoms with Crippen molar-refractivity contribution in [3.63, 3.8) is 0 Å². The first-order valence-electron chi connectivity index (χ1n) is 2.84. The van der Waals surface area contributed by atoms with E-state index in [2.05, 4.69) is 27.2 Å². The molecule has 0 bridgehead atoms. The molecule has 0 aromatic rings. The maximum atomic E-state index is 2.20. The maximum Gasteiger partial charge on any atom is 3.00 e. The second-order valence-electron chi connectivity index (χ2n) is 2.15. The van der Waals surface area contributed by atoms with Crippen molar-refractivity contribution < 1.29 is 32.7 Å². The minimum atomic E-state index is 0. The Morgan fingerprint density at radius 3 is 1.89 bits per heavy atom. The molecule has 0 saturated carbocycles. The summed E-state index contributed by atoms with van der Waals surface area (Å²) in [7, 11) is 0. The Morgan fingerprint density at radius 1 is 1.33 bits per heavy atom. The van der Waals surface area contributed by atoms with Crippen molar-refractivity contribution in [1.82, 2.24) is 0 Å². The van der Waals surface area contributed by atoms with Gasteiger partial charge < -0.3 is 19.8 Å². The molecule has 0 aromatic heterocycles. The van der Waals surface area contributed by atoms with Crippen molar-refractivity contribution in [3.05, 3.63) is 19.8 Å². The second kappa shape index (κ2) is 11.8. The van der Waals surface area contributed by atoms with Crippen LogP contribution in [-0.4, -0.2) is 0 Å². The minimum absolute atomic E-state index is 0. The smallest absolute Gasteiger partial charge is 0.358 e. The fourth-order valence-electron chi connectivity index (χ4n) is 0.433. The van der Waals surface area contributed by atoms with E-state index < -0.39 is 0 Å². The van der Waals surface area contributed by atoms with Gasteiger partial charge in [0.05, 0.1) is 0 Å². The Kier molecular flexibility index (Phi) is 21.8. The van der Waals surface area contributed by atoms with Crippen LogP contribution in [0.4, 0.5) is 0 Å². The fraction of sp³-hybridized carbons (Fsp3) is 0.625. The van der Waals surface area contributed by atoms with Crippen molar-refractivity contribution in [2.75, 3.05) is 0 Å². The summed E-state index contributed by atoms with van der Waals surface area (Å²) in [6.45, 7) is 6.44. The number of unbranched alkanes of at least 4 members (excludes halogenated alkanes) is 1. The van der Waals surface area contributed by atoms with Gasteiger partial charge in [0.15, 0.2) is 0 Å². The van der Waals surface area contributed by atoms with E-state index in [9.17, 15) is 0 Å². The molecule has 0 nitrogen and oxygen atoms in total. The number of hydrogen-bond acceptors (Lipinski definition) is 0. The Labute approximate surface area is 85.7 Å². The second-order valence-corrected chi connectivity index (χ2v) is 2.15. The Balaban J connectivity index is -0.000000180. The summed E-state index contributed by atoms with van der Waals surface area (Å²) in [6.07, 6.45) is 4.70. The SMILES string of the molecule is C[CH-]CC[C-](C)C.[CH3-].[Y+3]. The molecule has 0 heterocycles. The minimum Gasteiger partial charge on any atom is -0.358 e. The molecule has 0 unspecified atom stereocenters. The van der Waals surface area contributed by atoms with Gasteiger partial charge in [0.2, 0.25) is 0 Å². The van der Waals surface area contributed by atoms with Crippen LogP contribution < -0.4 is 0 Å². The quantitative estimate of drug-likeness (QED) is 0.617. The van der Waals surface area contributed by atoms with E-state index in [-0.39, 0.29) is 40.1 Å². The van der Waals surface area contributed by atoms with Crippen LogP contribution >= 0.6 is 0 Å². The summed E-state index contributed by atoms with van der Waals surface area (Å²) in [5, 5.41) is 0. The standard InChI is InChI=1S/C7H14.CH3.Y/c1-4-5-6-7(2)3;;/h4H,5-6H2,1-3H3;1H3;/q-2;-1;+3. The van der Waals surface area contributed by atoms with Crippen molar-refractivity contribution >= 4 is 0 Å². The van der Waals surface area contributed by atoms with E-state index in [1.54, 1.807) is 0 Å². The summed E-state index contributed by atoms with van der Waals surface area (Å²) in [4.78, 5) is 0. The molecule has 0 aliphatic carbocycles. The van der Waals surface area contributed by atoms with Gasteiger partial charge in [-0.05, 0) is 0 Å². The molecule has 0 rings (SSSR count). The van der Waals surface area contributed by atoms with Crippen molar-refractivity contribution in [3.8, 4) is 0 Å². The van der Waals surface area contributed by atoms with E-state index in [0.29, 0.717) is 0 Å². The molecule has 0 spiro atoms. The maximum absolute atomic E-state index is 2.20. The van der Waals surface area contributed by atoms with E-state index >= 15 is 0 Å². The van der Waals surface area contributed by atoms with Crippen LogP contribution in [0.15, 0.2) is 0 Å². The summed E-state index contributed by atoms with van der Waals surface area (Å²) in [5.41, 5.74) is 0. The molecular weight excluding hydrogens is 185 g/mol. The van der Waals surface area contributed by atoms with Gasteiger partial charge in [-0.15, -0.1) is 0 Å². The van der Waals surface area contributed by atoms with Crippen LogP contribution in [0, 0.1) is 19.8 Å². The largest absolute Gasteiger partial charge is 3.00 e. The van der Waals surface area contributed by atoms with Crippen molar-refractivity contribution in [2.24, 2.45) is 0 Å². The van der Waals surface area contributed by atoms with Crippen LogP contribution in [0.3, 0.4) is 0 Å². The summed E-state index contributed by atoms with van der Waals surface area (Å²) in [5.74, 6) is 1.53. The summed E-state index contributed by atoms with van der Waals surface area (Å²) >= 11 is 0. The molecular formula is C8H17Y. The van der Waals surface area contributed by atoms with Crippen LogP contribution in [0.1, 0.15) is 33.6 Å². The van der Waals surface area contributed by atoms with Crippen molar-refractivity contribution in [1.29, 1.82) is 0 Å². The molecule has 0 amide bonds. The average molecular weight is 202 g/mol. The summed E-state index contributed by atoms with van der Waals surface area (Å²) < 4.78 is 0. The van der Waals surface area contributed by atoms with Gasteiger partial charge in [-0.2, -0.15) is 20.8 Å². The molecule has 0 aliphatic heterocycles. The van der Waals surface area contributed by atoms with Gasteiger partial charge in [0, 0.05) is 0 Å². The van der Waals surface area contributed by atoms with Crippen molar-refractivity contribution in [2.45, 2.75) is 33.6 Å². The molecule has 9 heavy (non-hydrogen) atoms. The van der Waals surface area contributed by atoms with Gasteiger partial charge in [-0.3, -0.25) is 0 Å². The fourth-order valence-corrected chi connectivity index (χ4v) is 0.433. The normalized spacial score (nSPS) is 8.00. The van der Waals surface area contributed by atoms with Gasteiger partial charge in [0.1, 0.15) is 0 Å². The zero-order chi connectivity index (χ0) is 5.70. The van der Waals surface area contributed by atoms with Crippen LogP contribution in [0.2, 0.25) is 0 Å². The first-order chi connectivity index (χ1) is 3.27.